The standard InChI is InChI=1S/C12H15NO5/c14-8-3-1-7(2-4-8)13-11(15)10-9(12(16)17)5-6-18-10/h5-8,14H,1-4H2,(H,13,15)(H,16,17). The van der Waals surface area contributed by atoms with Crippen molar-refractivity contribution in [3.8, 4) is 0 Å². The number of hydrogen-bond donors (Lipinski definition) is 3. The van der Waals surface area contributed by atoms with Gasteiger partial charge in [0.05, 0.1) is 12.4 Å². The summed E-state index contributed by atoms with van der Waals surface area (Å²) in [6.07, 6.45) is 3.56. The first-order chi connectivity index (χ1) is 8.58. The van der Waals surface area contributed by atoms with Crippen LogP contribution in [0, 0.1) is 0 Å². The number of rotatable bonds is 3. The normalized spacial score (nSPS) is 23.6. The van der Waals surface area contributed by atoms with Crippen molar-refractivity contribution in [2.45, 2.75) is 37.8 Å². The number of aromatic carboxylic acids is 1. The second kappa shape index (κ2) is 5.22. The number of hydrogen-bond acceptors (Lipinski definition) is 4. The van der Waals surface area contributed by atoms with Crippen molar-refractivity contribution < 1.29 is 24.2 Å². The lowest BCUT2D eigenvalue weighted by molar-refractivity contribution is 0.0685. The Bertz CT molecular complexity index is 445. The van der Waals surface area contributed by atoms with Crippen LogP contribution in [-0.2, 0) is 0 Å². The molecule has 1 aromatic rings. The first-order valence-corrected chi connectivity index (χ1v) is 5.87. The molecule has 1 aliphatic rings. The Balaban J connectivity index is 1.99. The molecule has 0 bridgehead atoms. The number of carboxylic acid groups (broad SMARTS) is 1. The molecule has 0 aliphatic heterocycles. The Labute approximate surface area is 104 Å². The van der Waals surface area contributed by atoms with Crippen LogP contribution in [0.5, 0.6) is 0 Å². The molecule has 6 nitrogen and oxygen atoms in total. The molecule has 0 atom stereocenters. The summed E-state index contributed by atoms with van der Waals surface area (Å²) < 4.78 is 4.91. The van der Waals surface area contributed by atoms with Crippen molar-refractivity contribution in [1.29, 1.82) is 0 Å². The van der Waals surface area contributed by atoms with Gasteiger partial charge >= 0.3 is 5.97 Å². The van der Waals surface area contributed by atoms with E-state index in [1.165, 1.54) is 12.3 Å². The molecule has 3 N–H and O–H groups in total. The molecule has 0 radical (unpaired) electrons. The van der Waals surface area contributed by atoms with Gasteiger partial charge in [0.1, 0.15) is 5.56 Å². The van der Waals surface area contributed by atoms with E-state index in [1.807, 2.05) is 0 Å². The fourth-order valence-electron chi connectivity index (χ4n) is 2.12. The van der Waals surface area contributed by atoms with E-state index in [2.05, 4.69) is 5.32 Å². The molecular formula is C12H15NO5. The zero-order valence-electron chi connectivity index (χ0n) is 9.76. The van der Waals surface area contributed by atoms with Gasteiger partial charge in [-0.3, -0.25) is 4.79 Å². The second-order valence-electron chi connectivity index (χ2n) is 4.45. The molecule has 1 amide bonds. The topological polar surface area (TPSA) is 99.8 Å². The molecule has 0 aromatic carbocycles. The van der Waals surface area contributed by atoms with E-state index in [1.54, 1.807) is 0 Å². The van der Waals surface area contributed by atoms with Gasteiger partial charge in [-0.2, -0.15) is 0 Å². The van der Waals surface area contributed by atoms with Crippen molar-refractivity contribution in [2.75, 3.05) is 0 Å². The molecule has 1 saturated carbocycles. The van der Waals surface area contributed by atoms with E-state index in [-0.39, 0.29) is 23.5 Å². The molecule has 1 aliphatic carbocycles. The molecule has 1 fully saturated rings. The minimum Gasteiger partial charge on any atom is -0.478 e. The van der Waals surface area contributed by atoms with Gasteiger partial charge in [-0.05, 0) is 31.7 Å². The highest BCUT2D eigenvalue weighted by atomic mass is 16.4. The van der Waals surface area contributed by atoms with Crippen LogP contribution in [0.25, 0.3) is 0 Å². The van der Waals surface area contributed by atoms with Crippen LogP contribution >= 0.6 is 0 Å². The third-order valence-electron chi connectivity index (χ3n) is 3.13. The van der Waals surface area contributed by atoms with Crippen LogP contribution in [0.15, 0.2) is 16.7 Å². The van der Waals surface area contributed by atoms with Gasteiger partial charge < -0.3 is 19.9 Å². The zero-order valence-corrected chi connectivity index (χ0v) is 9.76. The van der Waals surface area contributed by atoms with Crippen molar-refractivity contribution in [3.05, 3.63) is 23.7 Å². The van der Waals surface area contributed by atoms with Crippen molar-refractivity contribution in [2.24, 2.45) is 0 Å². The fourth-order valence-corrected chi connectivity index (χ4v) is 2.12. The smallest absolute Gasteiger partial charge is 0.339 e. The quantitative estimate of drug-likeness (QED) is 0.746. The molecule has 0 saturated heterocycles. The molecule has 0 spiro atoms. The third kappa shape index (κ3) is 2.70. The van der Waals surface area contributed by atoms with Crippen LogP contribution in [-0.4, -0.2) is 34.2 Å². The van der Waals surface area contributed by atoms with Gasteiger partial charge in [0.15, 0.2) is 0 Å². The highest BCUT2D eigenvalue weighted by Gasteiger charge is 2.25. The Morgan fingerprint density at radius 2 is 1.94 bits per heavy atom. The van der Waals surface area contributed by atoms with Crippen molar-refractivity contribution >= 4 is 11.9 Å². The molecule has 0 unspecified atom stereocenters. The van der Waals surface area contributed by atoms with Gasteiger partial charge in [-0.1, -0.05) is 0 Å². The molecule has 2 rings (SSSR count). The number of carbonyl (C=O) groups is 2. The van der Waals surface area contributed by atoms with E-state index < -0.39 is 11.9 Å². The number of aliphatic hydroxyl groups is 1. The molecular weight excluding hydrogens is 238 g/mol. The predicted molar refractivity (Wildman–Crippen MR) is 61.4 cm³/mol. The Hall–Kier alpha value is -1.82. The van der Waals surface area contributed by atoms with E-state index in [0.717, 1.165) is 0 Å². The van der Waals surface area contributed by atoms with E-state index in [0.29, 0.717) is 25.7 Å². The van der Waals surface area contributed by atoms with Crippen LogP contribution in [0.4, 0.5) is 0 Å². The first kappa shape index (κ1) is 12.6. The van der Waals surface area contributed by atoms with Crippen molar-refractivity contribution in [1.82, 2.24) is 5.32 Å². The summed E-state index contributed by atoms with van der Waals surface area (Å²) in [6.45, 7) is 0. The number of nitrogens with one attached hydrogen (secondary N) is 1. The molecule has 98 valence electrons. The summed E-state index contributed by atoms with van der Waals surface area (Å²) in [5.74, 6) is -1.87. The van der Waals surface area contributed by atoms with Crippen LogP contribution in [0.1, 0.15) is 46.6 Å². The minimum absolute atomic E-state index is 0.0346. The average Bonchev–Trinajstić information content (AvgIpc) is 2.81. The highest BCUT2D eigenvalue weighted by Crippen LogP contribution is 2.19. The third-order valence-corrected chi connectivity index (χ3v) is 3.13. The Morgan fingerprint density at radius 1 is 1.28 bits per heavy atom. The van der Waals surface area contributed by atoms with E-state index in [9.17, 15) is 14.7 Å². The maximum absolute atomic E-state index is 11.9. The van der Waals surface area contributed by atoms with Gasteiger partial charge in [-0.15, -0.1) is 0 Å². The van der Waals surface area contributed by atoms with Gasteiger partial charge in [0.25, 0.3) is 5.91 Å². The fraction of sp³-hybridized carbons (Fsp3) is 0.500. The van der Waals surface area contributed by atoms with E-state index in [4.69, 9.17) is 9.52 Å². The summed E-state index contributed by atoms with van der Waals surface area (Å²) in [7, 11) is 0. The Kier molecular flexibility index (Phi) is 3.66. The predicted octanol–water partition coefficient (Wildman–Crippen LogP) is 1.01. The van der Waals surface area contributed by atoms with Crippen LogP contribution < -0.4 is 5.32 Å². The summed E-state index contributed by atoms with van der Waals surface area (Å²) in [5.41, 5.74) is -0.136. The number of carbonyl (C=O) groups excluding carboxylic acids is 1. The molecule has 6 heteroatoms. The lowest BCUT2D eigenvalue weighted by atomic mass is 9.93. The maximum Gasteiger partial charge on any atom is 0.339 e. The monoisotopic (exact) mass is 253 g/mol. The summed E-state index contributed by atoms with van der Waals surface area (Å²) in [5, 5.41) is 21.0. The Morgan fingerprint density at radius 3 is 2.56 bits per heavy atom. The van der Waals surface area contributed by atoms with Gasteiger partial charge in [0, 0.05) is 6.04 Å². The summed E-state index contributed by atoms with van der Waals surface area (Å²) in [4.78, 5) is 22.7. The summed E-state index contributed by atoms with van der Waals surface area (Å²) >= 11 is 0. The lowest BCUT2D eigenvalue weighted by Gasteiger charge is -2.25. The molecule has 1 heterocycles. The zero-order chi connectivity index (χ0) is 13.1. The highest BCUT2D eigenvalue weighted by molar-refractivity contribution is 6.02. The molecule has 18 heavy (non-hydrogen) atoms. The van der Waals surface area contributed by atoms with Crippen LogP contribution in [0.3, 0.4) is 0 Å². The van der Waals surface area contributed by atoms with E-state index >= 15 is 0 Å². The second-order valence-corrected chi connectivity index (χ2v) is 4.45. The SMILES string of the molecule is O=C(O)c1ccoc1C(=O)NC1CCC(O)CC1. The average molecular weight is 253 g/mol. The molecule has 1 aromatic heterocycles. The first-order valence-electron chi connectivity index (χ1n) is 5.87. The lowest BCUT2D eigenvalue weighted by Crippen LogP contribution is -2.38. The minimum atomic E-state index is -1.19. The number of carboxylic acids is 1. The largest absolute Gasteiger partial charge is 0.478 e. The van der Waals surface area contributed by atoms with Crippen molar-refractivity contribution in [3.63, 3.8) is 0 Å². The summed E-state index contributed by atoms with van der Waals surface area (Å²) in [6, 6.07) is 1.22. The van der Waals surface area contributed by atoms with Gasteiger partial charge in [-0.25, -0.2) is 4.79 Å². The van der Waals surface area contributed by atoms with Gasteiger partial charge in [0.2, 0.25) is 5.76 Å². The number of amides is 1. The maximum atomic E-state index is 11.9. The number of aliphatic hydroxyl groups excluding tert-OH is 1. The number of furan rings is 1. The van der Waals surface area contributed by atoms with Crippen LogP contribution in [0.2, 0.25) is 0 Å².